The largest absolute Gasteiger partial charge is 0.487 e. The SMILES string of the molecule is C[C@]1(Cc2ccc(Cl)cc2)Cc2cc(CCC(=O)N(CCc3ccc(F)cc3)CC(=O)O)ccc2O1. The van der Waals surface area contributed by atoms with Crippen molar-refractivity contribution in [3.05, 3.63) is 99.8 Å². The average molecular weight is 510 g/mol. The predicted molar refractivity (Wildman–Crippen MR) is 137 cm³/mol. The van der Waals surface area contributed by atoms with Gasteiger partial charge in [0.15, 0.2) is 0 Å². The molecule has 0 fully saturated rings. The molecule has 0 bridgehead atoms. The lowest BCUT2D eigenvalue weighted by Crippen LogP contribution is -2.37. The Kier molecular flexibility index (Phi) is 7.94. The van der Waals surface area contributed by atoms with Gasteiger partial charge >= 0.3 is 5.97 Å². The summed E-state index contributed by atoms with van der Waals surface area (Å²) in [6, 6.07) is 19.8. The molecule has 1 heterocycles. The second-order valence-electron chi connectivity index (χ2n) is 9.56. The average Bonchev–Trinajstić information content (AvgIpc) is 3.17. The lowest BCUT2D eigenvalue weighted by Gasteiger charge is -2.24. The van der Waals surface area contributed by atoms with E-state index >= 15 is 0 Å². The Balaban J connectivity index is 1.35. The predicted octanol–water partition coefficient (Wildman–Crippen LogP) is 5.50. The number of carboxylic acid groups (broad SMARTS) is 1. The van der Waals surface area contributed by atoms with E-state index in [2.05, 4.69) is 13.0 Å². The molecule has 0 aromatic heterocycles. The van der Waals surface area contributed by atoms with Crippen molar-refractivity contribution in [3.63, 3.8) is 0 Å². The number of ether oxygens (including phenoxy) is 1. The van der Waals surface area contributed by atoms with Crippen LogP contribution in [0.1, 0.15) is 35.6 Å². The summed E-state index contributed by atoms with van der Waals surface area (Å²) in [6.07, 6.45) is 2.69. The number of halogens is 2. The third kappa shape index (κ3) is 6.85. The number of rotatable bonds is 10. The summed E-state index contributed by atoms with van der Waals surface area (Å²) in [7, 11) is 0. The zero-order chi connectivity index (χ0) is 25.7. The number of hydrogen-bond acceptors (Lipinski definition) is 3. The monoisotopic (exact) mass is 509 g/mol. The normalized spacial score (nSPS) is 16.3. The highest BCUT2D eigenvalue weighted by molar-refractivity contribution is 6.30. The topological polar surface area (TPSA) is 66.8 Å². The fourth-order valence-corrected chi connectivity index (χ4v) is 4.77. The lowest BCUT2D eigenvalue weighted by atomic mass is 9.91. The molecule has 188 valence electrons. The van der Waals surface area contributed by atoms with E-state index in [4.69, 9.17) is 16.3 Å². The first-order valence-corrected chi connectivity index (χ1v) is 12.4. The fraction of sp³-hybridized carbons (Fsp3) is 0.310. The second kappa shape index (κ2) is 11.1. The summed E-state index contributed by atoms with van der Waals surface area (Å²) in [5, 5.41) is 9.97. The third-order valence-electron chi connectivity index (χ3n) is 6.43. The van der Waals surface area contributed by atoms with Gasteiger partial charge in [-0.2, -0.15) is 0 Å². The molecule has 4 rings (SSSR count). The van der Waals surface area contributed by atoms with Crippen LogP contribution in [0.25, 0.3) is 0 Å². The number of carboxylic acids is 1. The van der Waals surface area contributed by atoms with Crippen LogP contribution in [0.4, 0.5) is 4.39 Å². The summed E-state index contributed by atoms with van der Waals surface area (Å²) in [6.45, 7) is 1.99. The van der Waals surface area contributed by atoms with E-state index in [1.807, 2.05) is 36.4 Å². The Morgan fingerprint density at radius 1 is 1.00 bits per heavy atom. The van der Waals surface area contributed by atoms with Crippen LogP contribution in [0.15, 0.2) is 66.7 Å². The van der Waals surface area contributed by atoms with Gasteiger partial charge in [0, 0.05) is 30.8 Å². The Labute approximate surface area is 215 Å². The highest BCUT2D eigenvalue weighted by atomic mass is 35.5. The Morgan fingerprint density at radius 2 is 1.67 bits per heavy atom. The first-order chi connectivity index (χ1) is 17.2. The molecule has 1 N–H and O–H groups in total. The smallest absolute Gasteiger partial charge is 0.323 e. The van der Waals surface area contributed by atoms with Gasteiger partial charge in [0.2, 0.25) is 5.91 Å². The number of amides is 1. The highest BCUT2D eigenvalue weighted by Crippen LogP contribution is 2.37. The van der Waals surface area contributed by atoms with E-state index in [9.17, 15) is 19.1 Å². The molecular formula is C29H29ClFNO4. The number of hydrogen-bond donors (Lipinski definition) is 1. The minimum atomic E-state index is -1.06. The maximum atomic E-state index is 13.1. The van der Waals surface area contributed by atoms with Gasteiger partial charge in [0.1, 0.15) is 23.7 Å². The number of carbonyl (C=O) groups excluding carboxylic acids is 1. The van der Waals surface area contributed by atoms with E-state index in [0.29, 0.717) is 17.9 Å². The second-order valence-corrected chi connectivity index (χ2v) is 10.00. The van der Waals surface area contributed by atoms with Crippen LogP contribution in [0, 0.1) is 5.82 Å². The summed E-state index contributed by atoms with van der Waals surface area (Å²) in [4.78, 5) is 25.5. The number of fused-ring (bicyclic) bond motifs is 1. The van der Waals surface area contributed by atoms with Crippen LogP contribution in [0.3, 0.4) is 0 Å². The number of aliphatic carboxylic acids is 1. The molecule has 0 spiro atoms. The molecule has 1 aliphatic heterocycles. The summed E-state index contributed by atoms with van der Waals surface area (Å²) in [5.74, 6) is -0.753. The number of benzene rings is 3. The van der Waals surface area contributed by atoms with Gasteiger partial charge in [-0.3, -0.25) is 9.59 Å². The van der Waals surface area contributed by atoms with E-state index in [-0.39, 0.29) is 36.8 Å². The van der Waals surface area contributed by atoms with Crippen molar-refractivity contribution in [1.29, 1.82) is 0 Å². The summed E-state index contributed by atoms with van der Waals surface area (Å²) in [5.41, 5.74) is 3.76. The number of aryl methyl sites for hydroxylation is 1. The van der Waals surface area contributed by atoms with E-state index < -0.39 is 5.97 Å². The molecule has 1 aliphatic rings. The van der Waals surface area contributed by atoms with Crippen molar-refractivity contribution in [1.82, 2.24) is 4.90 Å². The Hall–Kier alpha value is -3.38. The molecule has 5 nitrogen and oxygen atoms in total. The van der Waals surface area contributed by atoms with Crippen molar-refractivity contribution in [2.75, 3.05) is 13.1 Å². The van der Waals surface area contributed by atoms with E-state index in [0.717, 1.165) is 40.8 Å². The van der Waals surface area contributed by atoms with Crippen molar-refractivity contribution >= 4 is 23.5 Å². The molecule has 0 radical (unpaired) electrons. The lowest BCUT2D eigenvalue weighted by molar-refractivity contribution is -0.144. The van der Waals surface area contributed by atoms with Crippen LogP contribution >= 0.6 is 11.6 Å². The van der Waals surface area contributed by atoms with Gasteiger partial charge in [-0.25, -0.2) is 4.39 Å². The standard InChI is InChI=1S/C29H29ClFNO4/c1-29(17-22-2-8-24(30)9-3-22)18-23-16-21(6-12-26(23)36-29)7-13-27(33)32(19-28(34)35)15-14-20-4-10-25(31)11-5-20/h2-6,8-12,16H,7,13-15,17-19H2,1H3,(H,34,35)/t29-/m0/s1. The molecule has 7 heteroatoms. The molecule has 3 aromatic rings. The Morgan fingerprint density at radius 3 is 2.36 bits per heavy atom. The zero-order valence-corrected chi connectivity index (χ0v) is 20.9. The number of nitrogens with zero attached hydrogens (tertiary/aromatic N) is 1. The molecule has 0 saturated carbocycles. The van der Waals surface area contributed by atoms with Crippen LogP contribution in [-0.2, 0) is 35.3 Å². The zero-order valence-electron chi connectivity index (χ0n) is 20.2. The van der Waals surface area contributed by atoms with E-state index in [1.165, 1.54) is 17.0 Å². The molecule has 0 aliphatic carbocycles. The molecule has 36 heavy (non-hydrogen) atoms. The van der Waals surface area contributed by atoms with Gasteiger partial charge in [0.25, 0.3) is 0 Å². The van der Waals surface area contributed by atoms with Gasteiger partial charge < -0.3 is 14.7 Å². The van der Waals surface area contributed by atoms with Crippen molar-refractivity contribution in [2.45, 2.75) is 44.6 Å². The van der Waals surface area contributed by atoms with Gasteiger partial charge in [-0.1, -0.05) is 48.0 Å². The van der Waals surface area contributed by atoms with Gasteiger partial charge in [-0.15, -0.1) is 0 Å². The van der Waals surface area contributed by atoms with E-state index in [1.54, 1.807) is 12.1 Å². The van der Waals surface area contributed by atoms with Crippen LogP contribution in [0.2, 0.25) is 5.02 Å². The van der Waals surface area contributed by atoms with Crippen LogP contribution < -0.4 is 4.74 Å². The van der Waals surface area contributed by atoms with Gasteiger partial charge in [-0.05, 0) is 72.4 Å². The number of carbonyl (C=O) groups is 2. The first kappa shape index (κ1) is 25.7. The minimum Gasteiger partial charge on any atom is -0.487 e. The first-order valence-electron chi connectivity index (χ1n) is 12.0. The maximum Gasteiger partial charge on any atom is 0.323 e. The van der Waals surface area contributed by atoms with Crippen LogP contribution in [0.5, 0.6) is 5.75 Å². The molecular weight excluding hydrogens is 481 g/mol. The third-order valence-corrected chi connectivity index (χ3v) is 6.68. The van der Waals surface area contributed by atoms with Gasteiger partial charge in [0.05, 0.1) is 0 Å². The maximum absolute atomic E-state index is 13.1. The molecule has 1 amide bonds. The summed E-state index contributed by atoms with van der Waals surface area (Å²) < 4.78 is 19.4. The highest BCUT2D eigenvalue weighted by Gasteiger charge is 2.35. The minimum absolute atomic E-state index is 0.207. The molecule has 1 atom stereocenters. The Bertz CT molecular complexity index is 1230. The van der Waals surface area contributed by atoms with Crippen molar-refractivity contribution in [2.24, 2.45) is 0 Å². The van der Waals surface area contributed by atoms with Crippen LogP contribution in [-0.4, -0.2) is 40.6 Å². The quantitative estimate of drug-likeness (QED) is 0.391. The van der Waals surface area contributed by atoms with Crippen molar-refractivity contribution < 1.29 is 23.8 Å². The molecule has 0 unspecified atom stereocenters. The molecule has 3 aromatic carbocycles. The summed E-state index contributed by atoms with van der Waals surface area (Å²) >= 11 is 6.00. The fourth-order valence-electron chi connectivity index (χ4n) is 4.64. The molecule has 0 saturated heterocycles. The van der Waals surface area contributed by atoms with Crippen molar-refractivity contribution in [3.8, 4) is 5.75 Å².